The Bertz CT molecular complexity index is 1260. The highest BCUT2D eigenvalue weighted by Gasteiger charge is 2.35. The van der Waals surface area contributed by atoms with Crippen LogP contribution >= 0.6 is 11.6 Å². The monoisotopic (exact) mass is 538 g/mol. The van der Waals surface area contributed by atoms with E-state index in [-0.39, 0.29) is 83.4 Å². The van der Waals surface area contributed by atoms with Crippen LogP contribution in [0.25, 0.3) is 11.1 Å². The van der Waals surface area contributed by atoms with Gasteiger partial charge in [0.1, 0.15) is 17.9 Å². The number of carbonyl (C=O) groups is 1. The number of Topliss-reactive ketones (excluding diaryl/α,β-unsaturated/α-hetero) is 1. The Balaban J connectivity index is 1.57. The molecule has 2 heterocycles. The van der Waals surface area contributed by atoms with E-state index in [2.05, 4.69) is 4.98 Å². The Morgan fingerprint density at radius 1 is 1.22 bits per heavy atom. The third kappa shape index (κ3) is 6.38. The number of fused-ring (bicyclic) bond motifs is 1. The van der Waals surface area contributed by atoms with Crippen LogP contribution in [-0.4, -0.2) is 54.4 Å². The lowest BCUT2D eigenvalue weighted by Crippen LogP contribution is -2.44. The van der Waals surface area contributed by atoms with Gasteiger partial charge in [-0.1, -0.05) is 30.7 Å². The maximum Gasteiger partial charge on any atom is 0.260 e. The maximum absolute atomic E-state index is 13.8. The average Bonchev–Trinajstić information content (AvgIpc) is 3.22. The molecule has 0 aliphatic carbocycles. The summed E-state index contributed by atoms with van der Waals surface area (Å²) >= 11 is 6.55. The van der Waals surface area contributed by atoms with E-state index in [0.717, 1.165) is 5.56 Å². The predicted octanol–water partition coefficient (Wildman–Crippen LogP) is 6.81. The zero-order valence-electron chi connectivity index (χ0n) is 21.1. The van der Waals surface area contributed by atoms with Crippen molar-refractivity contribution in [3.05, 3.63) is 52.1 Å². The van der Waals surface area contributed by atoms with Crippen molar-refractivity contribution in [3.63, 3.8) is 0 Å². The lowest BCUT2D eigenvalue weighted by molar-refractivity contribution is -0.0657. The smallest absolute Gasteiger partial charge is 0.260 e. The first-order valence-corrected chi connectivity index (χ1v) is 12.7. The minimum Gasteiger partial charge on any atom is -0.487 e. The summed E-state index contributed by atoms with van der Waals surface area (Å²) in [6, 6.07) is 6.28. The summed E-state index contributed by atoms with van der Waals surface area (Å²) in [4.78, 5) is 18.6. The Kier molecular flexibility index (Phi) is 8.33. The standard InChI is InChI=1S/C27H30ClF3N2O4/c1-16(19-5-7-20(29)8-6-19)9-13-35-26-24(36-14-12-33-11-4-10-27(30,31)15-33)21(17(2)34)22(28)23-25(26)37-18(3)32-23/h5-8,16H,4,9-15H2,1-3H3. The van der Waals surface area contributed by atoms with E-state index < -0.39 is 5.92 Å². The molecule has 4 rings (SSSR count). The van der Waals surface area contributed by atoms with Crippen molar-refractivity contribution in [2.75, 3.05) is 32.8 Å². The SMILES string of the molecule is CC(=O)c1c(OCCN2CCCC(F)(F)C2)c(OCCC(C)c2ccc(F)cc2)c2oc(C)nc2c1Cl. The summed E-state index contributed by atoms with van der Waals surface area (Å²) in [7, 11) is 0. The summed E-state index contributed by atoms with van der Waals surface area (Å²) in [6.45, 7) is 5.76. The molecular formula is C27H30ClF3N2O4. The molecule has 0 bridgehead atoms. The van der Waals surface area contributed by atoms with Gasteiger partial charge in [0.25, 0.3) is 5.92 Å². The van der Waals surface area contributed by atoms with Crippen molar-refractivity contribution in [1.82, 2.24) is 9.88 Å². The van der Waals surface area contributed by atoms with Gasteiger partial charge in [-0.2, -0.15) is 0 Å². The van der Waals surface area contributed by atoms with Gasteiger partial charge in [0.2, 0.25) is 11.3 Å². The molecule has 1 atom stereocenters. The number of rotatable bonds is 10. The number of likely N-dealkylation sites (tertiary alicyclic amines) is 1. The van der Waals surface area contributed by atoms with Crippen LogP contribution in [-0.2, 0) is 0 Å². The summed E-state index contributed by atoms with van der Waals surface area (Å²) in [5.41, 5.74) is 1.60. The molecule has 3 aromatic rings. The molecule has 200 valence electrons. The highest BCUT2D eigenvalue weighted by Crippen LogP contribution is 2.45. The zero-order valence-corrected chi connectivity index (χ0v) is 21.8. The van der Waals surface area contributed by atoms with Crippen molar-refractivity contribution < 1.29 is 31.9 Å². The lowest BCUT2D eigenvalue weighted by Gasteiger charge is -2.32. The second-order valence-electron chi connectivity index (χ2n) is 9.49. The number of aryl methyl sites for hydroxylation is 1. The number of piperidine rings is 1. The number of benzene rings is 2. The largest absolute Gasteiger partial charge is 0.487 e. The van der Waals surface area contributed by atoms with Gasteiger partial charge in [0, 0.05) is 19.9 Å². The number of oxazole rings is 1. The molecule has 2 aromatic carbocycles. The molecule has 0 radical (unpaired) electrons. The fraction of sp³-hybridized carbons (Fsp3) is 0.481. The second-order valence-corrected chi connectivity index (χ2v) is 9.87. The molecule has 0 amide bonds. The van der Waals surface area contributed by atoms with Crippen molar-refractivity contribution >= 4 is 28.5 Å². The molecule has 6 nitrogen and oxygen atoms in total. The summed E-state index contributed by atoms with van der Waals surface area (Å²) in [5, 5.41) is 0.0888. The first-order valence-electron chi connectivity index (χ1n) is 12.3. The number of aromatic nitrogens is 1. The molecule has 1 unspecified atom stereocenters. The van der Waals surface area contributed by atoms with Gasteiger partial charge in [-0.05, 0) is 49.9 Å². The van der Waals surface area contributed by atoms with E-state index in [1.807, 2.05) is 6.92 Å². The number of nitrogens with zero attached hydrogens (tertiary/aromatic N) is 2. The fourth-order valence-electron chi connectivity index (χ4n) is 4.56. The first kappa shape index (κ1) is 27.3. The topological polar surface area (TPSA) is 64.8 Å². The zero-order chi connectivity index (χ0) is 26.7. The predicted molar refractivity (Wildman–Crippen MR) is 135 cm³/mol. The average molecular weight is 539 g/mol. The number of ketones is 1. The van der Waals surface area contributed by atoms with Crippen molar-refractivity contribution in [2.24, 2.45) is 0 Å². The van der Waals surface area contributed by atoms with Crippen LogP contribution in [0, 0.1) is 12.7 Å². The minimum atomic E-state index is -2.72. The summed E-state index contributed by atoms with van der Waals surface area (Å²) < 4.78 is 58.8. The molecule has 1 saturated heterocycles. The van der Waals surface area contributed by atoms with Crippen LogP contribution < -0.4 is 9.47 Å². The Hall–Kier alpha value is -2.78. The minimum absolute atomic E-state index is 0.0493. The third-order valence-corrected chi connectivity index (χ3v) is 6.88. The van der Waals surface area contributed by atoms with E-state index in [1.165, 1.54) is 19.1 Å². The Morgan fingerprint density at radius 3 is 2.59 bits per heavy atom. The number of alkyl halides is 2. The molecule has 1 aliphatic rings. The van der Waals surface area contributed by atoms with Crippen LogP contribution in [0.2, 0.25) is 5.02 Å². The van der Waals surface area contributed by atoms with E-state index in [9.17, 15) is 18.0 Å². The van der Waals surface area contributed by atoms with Crippen LogP contribution in [0.3, 0.4) is 0 Å². The highest BCUT2D eigenvalue weighted by molar-refractivity contribution is 6.39. The van der Waals surface area contributed by atoms with E-state index in [1.54, 1.807) is 24.0 Å². The number of carbonyl (C=O) groups excluding carboxylic acids is 1. The summed E-state index contributed by atoms with van der Waals surface area (Å²) in [6.07, 6.45) is 0.867. The Labute approximate surface area is 218 Å². The molecular weight excluding hydrogens is 509 g/mol. The molecule has 10 heteroatoms. The molecule has 0 spiro atoms. The third-order valence-electron chi connectivity index (χ3n) is 6.52. The molecule has 1 fully saturated rings. The van der Waals surface area contributed by atoms with Gasteiger partial charge in [-0.3, -0.25) is 9.69 Å². The quantitative estimate of drug-likeness (QED) is 0.264. The van der Waals surface area contributed by atoms with E-state index in [4.69, 9.17) is 25.5 Å². The second kappa shape index (κ2) is 11.3. The summed E-state index contributed by atoms with van der Waals surface area (Å²) in [5.74, 6) is -2.67. The molecule has 0 saturated carbocycles. The van der Waals surface area contributed by atoms with Gasteiger partial charge in [-0.25, -0.2) is 18.2 Å². The van der Waals surface area contributed by atoms with Crippen molar-refractivity contribution in [2.45, 2.75) is 51.9 Å². The van der Waals surface area contributed by atoms with Crippen LogP contribution in [0.1, 0.15) is 60.8 Å². The van der Waals surface area contributed by atoms with E-state index >= 15 is 0 Å². The highest BCUT2D eigenvalue weighted by atomic mass is 35.5. The molecule has 1 aromatic heterocycles. The number of ether oxygens (including phenoxy) is 2. The maximum atomic E-state index is 13.8. The van der Waals surface area contributed by atoms with Crippen molar-refractivity contribution in [1.29, 1.82) is 0 Å². The number of halogens is 4. The molecule has 1 aliphatic heterocycles. The van der Waals surface area contributed by atoms with Gasteiger partial charge < -0.3 is 13.9 Å². The van der Waals surface area contributed by atoms with Crippen LogP contribution in [0.15, 0.2) is 28.7 Å². The van der Waals surface area contributed by atoms with E-state index in [0.29, 0.717) is 25.3 Å². The normalized spacial score (nSPS) is 16.6. The fourth-order valence-corrected chi connectivity index (χ4v) is 4.90. The van der Waals surface area contributed by atoms with Gasteiger partial charge >= 0.3 is 0 Å². The van der Waals surface area contributed by atoms with Crippen LogP contribution in [0.4, 0.5) is 13.2 Å². The molecule has 0 N–H and O–H groups in total. The van der Waals surface area contributed by atoms with Gasteiger partial charge in [0.05, 0.1) is 23.7 Å². The first-order chi connectivity index (χ1) is 17.6. The number of hydrogen-bond acceptors (Lipinski definition) is 6. The van der Waals surface area contributed by atoms with Gasteiger partial charge in [0.15, 0.2) is 17.4 Å². The number of hydrogen-bond donors (Lipinski definition) is 0. The Morgan fingerprint density at radius 2 is 1.92 bits per heavy atom. The van der Waals surface area contributed by atoms with Gasteiger partial charge in [-0.15, -0.1) is 0 Å². The molecule has 37 heavy (non-hydrogen) atoms. The lowest BCUT2D eigenvalue weighted by atomic mass is 9.98. The van der Waals surface area contributed by atoms with Crippen molar-refractivity contribution in [3.8, 4) is 11.5 Å². The van der Waals surface area contributed by atoms with Crippen LogP contribution in [0.5, 0.6) is 11.5 Å².